The Morgan fingerprint density at radius 1 is 1.19 bits per heavy atom. The number of aromatic nitrogens is 4. The second kappa shape index (κ2) is 5.44. The van der Waals surface area contributed by atoms with Crippen LogP contribution in [0.4, 0.5) is 5.82 Å². The van der Waals surface area contributed by atoms with Crippen LogP contribution in [0.15, 0.2) is 12.3 Å². The molecule has 3 rings (SSSR count). The summed E-state index contributed by atoms with van der Waals surface area (Å²) in [6.45, 7) is 8.89. The maximum absolute atomic E-state index is 4.61. The Balaban J connectivity index is 1.86. The van der Waals surface area contributed by atoms with E-state index in [1.807, 2.05) is 13.0 Å². The SMILES string of the molecule is CCc1cc(NCc2c(C)nc3sc(C)cn23)nc(C)n1. The molecule has 0 unspecified atom stereocenters. The molecule has 6 heteroatoms. The van der Waals surface area contributed by atoms with Crippen molar-refractivity contribution in [3.8, 4) is 0 Å². The highest BCUT2D eigenvalue weighted by Crippen LogP contribution is 2.21. The summed E-state index contributed by atoms with van der Waals surface area (Å²) < 4.78 is 2.16. The van der Waals surface area contributed by atoms with Crippen molar-refractivity contribution in [2.45, 2.75) is 40.7 Å². The second-order valence-corrected chi connectivity index (χ2v) is 6.35. The fourth-order valence-corrected chi connectivity index (χ4v) is 3.29. The molecule has 0 aliphatic carbocycles. The molecular weight excluding hydrogens is 282 g/mol. The van der Waals surface area contributed by atoms with Gasteiger partial charge in [0.25, 0.3) is 0 Å². The lowest BCUT2D eigenvalue weighted by molar-refractivity contribution is 0.927. The van der Waals surface area contributed by atoms with E-state index in [0.717, 1.165) is 34.4 Å². The van der Waals surface area contributed by atoms with Crippen LogP contribution in [-0.4, -0.2) is 19.4 Å². The minimum Gasteiger partial charge on any atom is -0.364 e. The van der Waals surface area contributed by atoms with Crippen molar-refractivity contribution in [1.29, 1.82) is 0 Å². The van der Waals surface area contributed by atoms with Gasteiger partial charge in [-0.25, -0.2) is 15.0 Å². The van der Waals surface area contributed by atoms with Gasteiger partial charge < -0.3 is 5.32 Å². The van der Waals surface area contributed by atoms with Crippen molar-refractivity contribution < 1.29 is 0 Å². The van der Waals surface area contributed by atoms with E-state index in [4.69, 9.17) is 0 Å². The first-order chi connectivity index (χ1) is 10.1. The van der Waals surface area contributed by atoms with Crippen LogP contribution in [0.2, 0.25) is 0 Å². The molecule has 110 valence electrons. The van der Waals surface area contributed by atoms with Crippen LogP contribution in [-0.2, 0) is 13.0 Å². The van der Waals surface area contributed by atoms with Crippen molar-refractivity contribution >= 4 is 22.1 Å². The zero-order chi connectivity index (χ0) is 15.0. The van der Waals surface area contributed by atoms with Gasteiger partial charge in [-0.3, -0.25) is 4.40 Å². The monoisotopic (exact) mass is 301 g/mol. The summed E-state index contributed by atoms with van der Waals surface area (Å²) >= 11 is 1.72. The average Bonchev–Trinajstić information content (AvgIpc) is 2.91. The molecule has 0 saturated heterocycles. The van der Waals surface area contributed by atoms with Gasteiger partial charge in [0.15, 0.2) is 4.96 Å². The summed E-state index contributed by atoms with van der Waals surface area (Å²) in [5, 5.41) is 3.40. The number of hydrogen-bond acceptors (Lipinski definition) is 5. The van der Waals surface area contributed by atoms with Crippen LogP contribution in [0.1, 0.15) is 34.7 Å². The summed E-state index contributed by atoms with van der Waals surface area (Å²) in [7, 11) is 0. The van der Waals surface area contributed by atoms with Crippen molar-refractivity contribution in [2.75, 3.05) is 5.32 Å². The molecule has 0 aromatic carbocycles. The largest absolute Gasteiger partial charge is 0.364 e. The van der Waals surface area contributed by atoms with Gasteiger partial charge in [-0.15, -0.1) is 11.3 Å². The summed E-state index contributed by atoms with van der Waals surface area (Å²) in [6, 6.07) is 2.01. The van der Waals surface area contributed by atoms with Gasteiger partial charge in [0.05, 0.1) is 17.9 Å². The number of imidazole rings is 1. The zero-order valence-electron chi connectivity index (χ0n) is 12.8. The maximum atomic E-state index is 4.61. The predicted molar refractivity (Wildman–Crippen MR) is 86.0 cm³/mol. The minimum absolute atomic E-state index is 0.711. The van der Waals surface area contributed by atoms with Gasteiger partial charge in [-0.1, -0.05) is 6.92 Å². The lowest BCUT2D eigenvalue weighted by Crippen LogP contribution is -2.07. The number of thiazole rings is 1. The summed E-state index contributed by atoms with van der Waals surface area (Å²) in [6.07, 6.45) is 3.05. The summed E-state index contributed by atoms with van der Waals surface area (Å²) in [4.78, 5) is 15.8. The fourth-order valence-electron chi connectivity index (χ4n) is 2.40. The average molecular weight is 301 g/mol. The van der Waals surface area contributed by atoms with Gasteiger partial charge >= 0.3 is 0 Å². The quantitative estimate of drug-likeness (QED) is 0.803. The molecule has 0 amide bonds. The number of fused-ring (bicyclic) bond motifs is 1. The van der Waals surface area contributed by atoms with E-state index in [1.54, 1.807) is 11.3 Å². The standard InChI is InChI=1S/C15H19N5S/c1-5-12-6-14(19-11(4)18-12)16-7-13-10(3)17-15-20(13)8-9(2)21-15/h6,8H,5,7H2,1-4H3,(H,16,18,19). The number of nitrogens with zero attached hydrogens (tertiary/aromatic N) is 4. The van der Waals surface area contributed by atoms with E-state index >= 15 is 0 Å². The van der Waals surface area contributed by atoms with E-state index in [9.17, 15) is 0 Å². The molecule has 21 heavy (non-hydrogen) atoms. The smallest absolute Gasteiger partial charge is 0.194 e. The van der Waals surface area contributed by atoms with Crippen LogP contribution < -0.4 is 5.32 Å². The van der Waals surface area contributed by atoms with Gasteiger partial charge in [0, 0.05) is 22.8 Å². The number of nitrogens with one attached hydrogen (secondary N) is 1. The fraction of sp³-hybridized carbons (Fsp3) is 0.400. The molecule has 5 nitrogen and oxygen atoms in total. The molecule has 0 atom stereocenters. The molecule has 0 aliphatic heterocycles. The zero-order valence-corrected chi connectivity index (χ0v) is 13.6. The Labute approximate surface area is 128 Å². The van der Waals surface area contributed by atoms with Crippen molar-refractivity contribution in [2.24, 2.45) is 0 Å². The van der Waals surface area contributed by atoms with E-state index < -0.39 is 0 Å². The molecule has 0 aliphatic rings. The van der Waals surface area contributed by atoms with Crippen molar-refractivity contribution in [3.05, 3.63) is 40.0 Å². The van der Waals surface area contributed by atoms with Crippen LogP contribution in [0.25, 0.3) is 4.96 Å². The molecule has 0 saturated carbocycles. The molecule has 3 aromatic heterocycles. The Bertz CT molecular complexity index is 787. The van der Waals surface area contributed by atoms with E-state index in [1.165, 1.54) is 10.6 Å². The Morgan fingerprint density at radius 2 is 2.00 bits per heavy atom. The lowest BCUT2D eigenvalue weighted by Gasteiger charge is -2.08. The highest BCUT2D eigenvalue weighted by atomic mass is 32.1. The lowest BCUT2D eigenvalue weighted by atomic mass is 10.3. The third-order valence-corrected chi connectivity index (χ3v) is 4.33. The minimum atomic E-state index is 0.711. The normalized spacial score (nSPS) is 11.2. The molecule has 3 aromatic rings. The van der Waals surface area contributed by atoms with Gasteiger partial charge in [0.2, 0.25) is 0 Å². The summed E-state index contributed by atoms with van der Waals surface area (Å²) in [5.41, 5.74) is 3.31. The van der Waals surface area contributed by atoms with E-state index in [0.29, 0.717) is 6.54 Å². The van der Waals surface area contributed by atoms with Crippen LogP contribution in [0.5, 0.6) is 0 Å². The molecule has 0 radical (unpaired) electrons. The van der Waals surface area contributed by atoms with Crippen LogP contribution in [0, 0.1) is 20.8 Å². The number of hydrogen-bond donors (Lipinski definition) is 1. The Morgan fingerprint density at radius 3 is 2.76 bits per heavy atom. The van der Waals surface area contributed by atoms with E-state index in [2.05, 4.69) is 51.6 Å². The van der Waals surface area contributed by atoms with E-state index in [-0.39, 0.29) is 0 Å². The van der Waals surface area contributed by atoms with Crippen molar-refractivity contribution in [1.82, 2.24) is 19.4 Å². The molecule has 0 fully saturated rings. The molecule has 0 bridgehead atoms. The van der Waals surface area contributed by atoms with Crippen LogP contribution >= 0.6 is 11.3 Å². The first-order valence-corrected chi connectivity index (χ1v) is 7.91. The highest BCUT2D eigenvalue weighted by Gasteiger charge is 2.11. The molecular formula is C15H19N5S. The third kappa shape index (κ3) is 2.76. The van der Waals surface area contributed by atoms with Gasteiger partial charge in [0.1, 0.15) is 11.6 Å². The van der Waals surface area contributed by atoms with Crippen molar-refractivity contribution in [3.63, 3.8) is 0 Å². The van der Waals surface area contributed by atoms with Gasteiger partial charge in [-0.2, -0.15) is 0 Å². The molecule has 1 N–H and O–H groups in total. The predicted octanol–water partition coefficient (Wildman–Crippen LogP) is 3.29. The Hall–Kier alpha value is -1.95. The maximum Gasteiger partial charge on any atom is 0.194 e. The first kappa shape index (κ1) is 14.0. The topological polar surface area (TPSA) is 55.1 Å². The summed E-state index contributed by atoms with van der Waals surface area (Å²) in [5.74, 6) is 1.68. The number of anilines is 1. The second-order valence-electron chi connectivity index (χ2n) is 5.14. The Kier molecular flexibility index (Phi) is 3.63. The number of rotatable bonds is 4. The first-order valence-electron chi connectivity index (χ1n) is 7.09. The van der Waals surface area contributed by atoms with Crippen LogP contribution in [0.3, 0.4) is 0 Å². The molecule has 3 heterocycles. The third-order valence-electron chi connectivity index (χ3n) is 3.43. The molecule has 0 spiro atoms. The number of aryl methyl sites for hydroxylation is 4. The van der Waals surface area contributed by atoms with Gasteiger partial charge in [-0.05, 0) is 27.2 Å². The highest BCUT2D eigenvalue weighted by molar-refractivity contribution is 7.17.